The van der Waals surface area contributed by atoms with E-state index in [-0.39, 0.29) is 17.7 Å². The summed E-state index contributed by atoms with van der Waals surface area (Å²) in [4.78, 5) is 23.6. The summed E-state index contributed by atoms with van der Waals surface area (Å²) >= 11 is 9.34. The second-order valence-corrected chi connectivity index (χ2v) is 8.48. The number of anilines is 1. The smallest absolute Gasteiger partial charge is 0.335 e. The fraction of sp³-hybridized carbons (Fsp3) is 0.115. The Bertz CT molecular complexity index is 1300. The van der Waals surface area contributed by atoms with Gasteiger partial charge >= 0.3 is 5.97 Å². The van der Waals surface area contributed by atoms with Gasteiger partial charge in [0.2, 0.25) is 0 Å². The lowest BCUT2D eigenvalue weighted by molar-refractivity contribution is -0.112. The summed E-state index contributed by atoms with van der Waals surface area (Å²) in [5, 5.41) is 21.8. The second-order valence-electron chi connectivity index (χ2n) is 7.18. The van der Waals surface area contributed by atoms with Crippen LogP contribution in [0.2, 0.25) is 5.02 Å². The number of amides is 1. The first kappa shape index (κ1) is 25.8. The van der Waals surface area contributed by atoms with E-state index in [1.165, 1.54) is 18.2 Å². The Morgan fingerprint density at radius 1 is 1.11 bits per heavy atom. The number of aromatic carboxylic acids is 1. The van der Waals surface area contributed by atoms with Crippen molar-refractivity contribution >= 4 is 51.2 Å². The average molecular weight is 556 g/mol. The molecule has 7 nitrogen and oxygen atoms in total. The Hall–Kier alpha value is -3.80. The molecule has 0 atom stereocenters. The van der Waals surface area contributed by atoms with Crippen molar-refractivity contribution in [2.45, 2.75) is 13.5 Å². The van der Waals surface area contributed by atoms with E-state index >= 15 is 0 Å². The zero-order valence-corrected chi connectivity index (χ0v) is 20.9. The molecule has 0 aliphatic rings. The van der Waals surface area contributed by atoms with E-state index < -0.39 is 11.9 Å². The van der Waals surface area contributed by atoms with Gasteiger partial charge in [-0.3, -0.25) is 4.79 Å². The number of benzene rings is 3. The van der Waals surface area contributed by atoms with Crippen LogP contribution in [0.15, 0.2) is 70.7 Å². The van der Waals surface area contributed by atoms with Gasteiger partial charge in [0.25, 0.3) is 5.91 Å². The quantitative estimate of drug-likeness (QED) is 0.236. The highest BCUT2D eigenvalue weighted by atomic mass is 79.9. The molecule has 0 heterocycles. The molecule has 3 rings (SSSR count). The highest BCUT2D eigenvalue weighted by molar-refractivity contribution is 9.10. The summed E-state index contributed by atoms with van der Waals surface area (Å²) in [6.45, 7) is 2.37. The molecule has 0 radical (unpaired) electrons. The van der Waals surface area contributed by atoms with Gasteiger partial charge in [0, 0.05) is 10.7 Å². The molecule has 0 bridgehead atoms. The molecule has 0 aromatic heterocycles. The number of hydrogen-bond acceptors (Lipinski definition) is 5. The van der Waals surface area contributed by atoms with Crippen LogP contribution in [-0.4, -0.2) is 23.6 Å². The van der Waals surface area contributed by atoms with E-state index in [2.05, 4.69) is 21.2 Å². The SMILES string of the molecule is CCOc1cc(/C=C(\C#N)C(=O)Nc2ccc(Cl)cc2)cc(Br)c1OCc1ccc(C(=O)O)cc1. The Morgan fingerprint density at radius 3 is 2.40 bits per heavy atom. The number of nitrogens with one attached hydrogen (secondary N) is 1. The molecule has 35 heavy (non-hydrogen) atoms. The van der Waals surface area contributed by atoms with Crippen LogP contribution in [0.25, 0.3) is 6.08 Å². The van der Waals surface area contributed by atoms with Crippen LogP contribution >= 0.6 is 27.5 Å². The number of rotatable bonds is 9. The largest absolute Gasteiger partial charge is 0.490 e. The molecule has 3 aromatic rings. The van der Waals surface area contributed by atoms with E-state index in [0.717, 1.165) is 5.56 Å². The molecule has 0 spiro atoms. The Kier molecular flexibility index (Phi) is 8.90. The van der Waals surface area contributed by atoms with Gasteiger partial charge < -0.3 is 19.9 Å². The lowest BCUT2D eigenvalue weighted by Crippen LogP contribution is -2.13. The Morgan fingerprint density at radius 2 is 1.80 bits per heavy atom. The minimum atomic E-state index is -0.999. The summed E-state index contributed by atoms with van der Waals surface area (Å²) in [5.74, 6) is -0.698. The second kappa shape index (κ2) is 12.1. The predicted octanol–water partition coefficient (Wildman–Crippen LogP) is 6.32. The van der Waals surface area contributed by atoms with Crippen molar-refractivity contribution in [2.24, 2.45) is 0 Å². The maximum Gasteiger partial charge on any atom is 0.335 e. The molecule has 0 saturated carbocycles. The van der Waals surface area contributed by atoms with Crippen molar-refractivity contribution < 1.29 is 24.2 Å². The number of hydrogen-bond donors (Lipinski definition) is 2. The van der Waals surface area contributed by atoms with Gasteiger partial charge in [0.15, 0.2) is 11.5 Å². The first-order chi connectivity index (χ1) is 16.8. The topological polar surface area (TPSA) is 109 Å². The van der Waals surface area contributed by atoms with Crippen molar-refractivity contribution in [1.82, 2.24) is 0 Å². The molecular formula is C26H20BrClN2O5. The van der Waals surface area contributed by atoms with Crippen LogP contribution in [0.1, 0.15) is 28.4 Å². The summed E-state index contributed by atoms with van der Waals surface area (Å²) in [6.07, 6.45) is 1.45. The number of ether oxygens (including phenoxy) is 2. The molecule has 0 aliphatic carbocycles. The normalized spacial score (nSPS) is 10.9. The number of carbonyl (C=O) groups is 2. The van der Waals surface area contributed by atoms with Gasteiger partial charge in [0.1, 0.15) is 18.2 Å². The first-order valence-corrected chi connectivity index (χ1v) is 11.6. The third kappa shape index (κ3) is 7.09. The molecule has 178 valence electrons. The van der Waals surface area contributed by atoms with E-state index in [9.17, 15) is 14.9 Å². The summed E-state index contributed by atoms with van der Waals surface area (Å²) in [7, 11) is 0. The summed E-state index contributed by atoms with van der Waals surface area (Å²) < 4.78 is 12.2. The number of carbonyl (C=O) groups excluding carboxylic acids is 1. The van der Waals surface area contributed by atoms with Gasteiger partial charge in [-0.15, -0.1) is 0 Å². The van der Waals surface area contributed by atoms with Crippen LogP contribution in [0.5, 0.6) is 11.5 Å². The standard InChI is InChI=1S/C26H20BrClN2O5/c1-2-34-23-13-17(11-19(14-29)25(31)30-21-9-7-20(28)8-10-21)12-22(27)24(23)35-15-16-3-5-18(6-4-16)26(32)33/h3-13H,2,15H2,1H3,(H,30,31)(H,32,33)/b19-11+. The summed E-state index contributed by atoms with van der Waals surface area (Å²) in [6, 6.07) is 18.2. The van der Waals surface area contributed by atoms with Crippen LogP contribution in [0.4, 0.5) is 5.69 Å². The van der Waals surface area contributed by atoms with E-state index in [4.69, 9.17) is 26.2 Å². The molecule has 0 unspecified atom stereocenters. The van der Waals surface area contributed by atoms with Crippen LogP contribution in [0.3, 0.4) is 0 Å². The predicted molar refractivity (Wildman–Crippen MR) is 137 cm³/mol. The third-order valence-corrected chi connectivity index (χ3v) is 5.53. The number of nitriles is 1. The lowest BCUT2D eigenvalue weighted by atomic mass is 10.1. The van der Waals surface area contributed by atoms with Crippen molar-refractivity contribution in [2.75, 3.05) is 11.9 Å². The fourth-order valence-electron chi connectivity index (χ4n) is 3.02. The first-order valence-electron chi connectivity index (χ1n) is 10.4. The zero-order chi connectivity index (χ0) is 25.4. The van der Waals surface area contributed by atoms with Gasteiger partial charge in [-0.05, 0) is 88.6 Å². The maximum absolute atomic E-state index is 12.6. The van der Waals surface area contributed by atoms with Crippen molar-refractivity contribution in [1.29, 1.82) is 5.26 Å². The number of halogens is 2. The number of nitrogens with zero attached hydrogens (tertiary/aromatic N) is 1. The van der Waals surface area contributed by atoms with E-state index in [1.807, 2.05) is 13.0 Å². The Labute approximate surface area is 215 Å². The molecule has 0 saturated heterocycles. The molecule has 3 aromatic carbocycles. The van der Waals surface area contributed by atoms with Crippen LogP contribution in [0, 0.1) is 11.3 Å². The zero-order valence-electron chi connectivity index (χ0n) is 18.5. The highest BCUT2D eigenvalue weighted by Crippen LogP contribution is 2.38. The average Bonchev–Trinajstić information content (AvgIpc) is 2.83. The van der Waals surface area contributed by atoms with E-state index in [1.54, 1.807) is 48.5 Å². The van der Waals surface area contributed by atoms with Crippen molar-refractivity contribution in [3.05, 3.63) is 92.4 Å². The lowest BCUT2D eigenvalue weighted by Gasteiger charge is -2.15. The maximum atomic E-state index is 12.6. The number of carboxylic acid groups (broad SMARTS) is 1. The van der Waals surface area contributed by atoms with Gasteiger partial charge in [-0.2, -0.15) is 5.26 Å². The fourth-order valence-corrected chi connectivity index (χ4v) is 3.72. The third-order valence-electron chi connectivity index (χ3n) is 4.69. The van der Waals surface area contributed by atoms with Gasteiger partial charge in [-0.25, -0.2) is 4.79 Å². The minimum Gasteiger partial charge on any atom is -0.490 e. The monoisotopic (exact) mass is 554 g/mol. The van der Waals surface area contributed by atoms with E-state index in [0.29, 0.717) is 38.9 Å². The van der Waals surface area contributed by atoms with Crippen LogP contribution in [-0.2, 0) is 11.4 Å². The van der Waals surface area contributed by atoms with Gasteiger partial charge in [-0.1, -0.05) is 23.7 Å². The van der Waals surface area contributed by atoms with Crippen molar-refractivity contribution in [3.8, 4) is 17.6 Å². The molecular weight excluding hydrogens is 536 g/mol. The molecule has 9 heteroatoms. The van der Waals surface area contributed by atoms with Crippen molar-refractivity contribution in [3.63, 3.8) is 0 Å². The molecule has 0 aliphatic heterocycles. The Balaban J connectivity index is 1.81. The highest BCUT2D eigenvalue weighted by Gasteiger charge is 2.15. The molecule has 0 fully saturated rings. The molecule has 2 N–H and O–H groups in total. The summed E-state index contributed by atoms with van der Waals surface area (Å²) in [5.41, 5.74) is 1.94. The molecule has 1 amide bonds. The van der Waals surface area contributed by atoms with Crippen LogP contribution < -0.4 is 14.8 Å². The number of carboxylic acids is 1. The minimum absolute atomic E-state index is 0.0958. The van der Waals surface area contributed by atoms with Gasteiger partial charge in [0.05, 0.1) is 16.6 Å².